The van der Waals surface area contributed by atoms with Crippen molar-refractivity contribution in [3.63, 3.8) is 0 Å². The maximum absolute atomic E-state index is 12.7. The summed E-state index contributed by atoms with van der Waals surface area (Å²) in [5.41, 5.74) is 0.924. The van der Waals surface area contributed by atoms with E-state index in [9.17, 15) is 4.79 Å². The molecule has 0 atom stereocenters. The second-order valence-corrected chi connectivity index (χ2v) is 6.65. The van der Waals surface area contributed by atoms with Crippen molar-refractivity contribution in [2.75, 3.05) is 14.2 Å². The number of hydrogen-bond donors (Lipinski definition) is 0. The Kier molecular flexibility index (Phi) is 5.51. The van der Waals surface area contributed by atoms with Crippen LogP contribution in [0.4, 0.5) is 0 Å². The van der Waals surface area contributed by atoms with Crippen LogP contribution < -0.4 is 9.47 Å². The SMILES string of the molecule is COc1cc(Cl)c(C(=O)c2cc(I)ccc2Br)cc1OC. The van der Waals surface area contributed by atoms with E-state index >= 15 is 0 Å². The van der Waals surface area contributed by atoms with E-state index < -0.39 is 0 Å². The number of carbonyl (C=O) groups is 1. The maximum atomic E-state index is 12.7. The predicted molar refractivity (Wildman–Crippen MR) is 94.8 cm³/mol. The fraction of sp³-hybridized carbons (Fsp3) is 0.133. The van der Waals surface area contributed by atoms with Gasteiger partial charge in [0.15, 0.2) is 17.3 Å². The van der Waals surface area contributed by atoms with Gasteiger partial charge in [-0.15, -0.1) is 0 Å². The van der Waals surface area contributed by atoms with Crippen molar-refractivity contribution in [3.05, 3.63) is 54.5 Å². The van der Waals surface area contributed by atoms with Gasteiger partial charge < -0.3 is 9.47 Å². The fourth-order valence-electron chi connectivity index (χ4n) is 1.84. The first-order valence-electron chi connectivity index (χ1n) is 5.89. The summed E-state index contributed by atoms with van der Waals surface area (Å²) in [7, 11) is 3.03. The standard InChI is InChI=1S/C15H11BrClIO3/c1-20-13-6-10(12(17)7-14(13)21-2)15(19)9-5-8(18)3-4-11(9)16/h3-7H,1-2H3. The molecule has 2 aromatic carbocycles. The maximum Gasteiger partial charge on any atom is 0.195 e. The molecule has 0 heterocycles. The highest BCUT2D eigenvalue weighted by atomic mass is 127. The molecular formula is C15H11BrClIO3. The lowest BCUT2D eigenvalue weighted by atomic mass is 10.0. The van der Waals surface area contributed by atoms with E-state index in [1.807, 2.05) is 12.1 Å². The average Bonchev–Trinajstić information content (AvgIpc) is 2.48. The van der Waals surface area contributed by atoms with E-state index in [4.69, 9.17) is 21.1 Å². The second kappa shape index (κ2) is 6.98. The molecule has 0 N–H and O–H groups in total. The molecule has 0 radical (unpaired) electrons. The van der Waals surface area contributed by atoms with Crippen LogP contribution in [0.25, 0.3) is 0 Å². The minimum absolute atomic E-state index is 0.175. The van der Waals surface area contributed by atoms with Gasteiger partial charge in [-0.25, -0.2) is 0 Å². The van der Waals surface area contributed by atoms with Crippen LogP contribution in [0, 0.1) is 3.57 Å². The van der Waals surface area contributed by atoms with Crippen molar-refractivity contribution in [1.82, 2.24) is 0 Å². The lowest BCUT2D eigenvalue weighted by Crippen LogP contribution is -2.05. The normalized spacial score (nSPS) is 10.3. The van der Waals surface area contributed by atoms with Crippen LogP contribution in [0.3, 0.4) is 0 Å². The molecule has 0 aliphatic heterocycles. The van der Waals surface area contributed by atoms with Gasteiger partial charge >= 0.3 is 0 Å². The van der Waals surface area contributed by atoms with Crippen LogP contribution in [-0.4, -0.2) is 20.0 Å². The fourth-order valence-corrected chi connectivity index (χ4v) is 3.00. The Morgan fingerprint density at radius 1 is 1.10 bits per heavy atom. The molecule has 21 heavy (non-hydrogen) atoms. The Labute approximate surface area is 149 Å². The molecule has 110 valence electrons. The van der Waals surface area contributed by atoms with Gasteiger partial charge in [0.25, 0.3) is 0 Å². The molecule has 2 rings (SSSR count). The van der Waals surface area contributed by atoms with Gasteiger partial charge in [0.2, 0.25) is 0 Å². The van der Waals surface area contributed by atoms with E-state index in [1.54, 1.807) is 18.2 Å². The lowest BCUT2D eigenvalue weighted by Gasteiger charge is -2.12. The van der Waals surface area contributed by atoms with Crippen LogP contribution in [0.2, 0.25) is 5.02 Å². The molecule has 6 heteroatoms. The number of methoxy groups -OCH3 is 2. The van der Waals surface area contributed by atoms with Crippen LogP contribution in [0.5, 0.6) is 11.5 Å². The highest BCUT2D eigenvalue weighted by molar-refractivity contribution is 14.1. The van der Waals surface area contributed by atoms with E-state index in [0.29, 0.717) is 27.6 Å². The summed E-state index contributed by atoms with van der Waals surface area (Å²) < 4.78 is 12.1. The summed E-state index contributed by atoms with van der Waals surface area (Å²) >= 11 is 11.8. The molecule has 0 aliphatic carbocycles. The molecule has 0 amide bonds. The van der Waals surface area contributed by atoms with Crippen molar-refractivity contribution in [1.29, 1.82) is 0 Å². The number of ether oxygens (including phenoxy) is 2. The quantitative estimate of drug-likeness (QED) is 0.458. The predicted octanol–water partition coefficient (Wildman–Crippen LogP) is 4.96. The molecule has 0 saturated heterocycles. The smallest absolute Gasteiger partial charge is 0.195 e. The number of benzene rings is 2. The average molecular weight is 482 g/mol. The van der Waals surface area contributed by atoms with Crippen LogP contribution in [0.1, 0.15) is 15.9 Å². The summed E-state index contributed by atoms with van der Waals surface area (Å²) in [6, 6.07) is 8.73. The molecule has 0 bridgehead atoms. The van der Waals surface area contributed by atoms with Crippen molar-refractivity contribution in [2.24, 2.45) is 0 Å². The van der Waals surface area contributed by atoms with Crippen molar-refractivity contribution in [3.8, 4) is 11.5 Å². The monoisotopic (exact) mass is 480 g/mol. The lowest BCUT2D eigenvalue weighted by molar-refractivity contribution is 0.103. The Balaban J connectivity index is 2.55. The number of carbonyl (C=O) groups excluding carboxylic acids is 1. The largest absolute Gasteiger partial charge is 0.493 e. The third kappa shape index (κ3) is 3.52. The first-order valence-corrected chi connectivity index (χ1v) is 8.14. The van der Waals surface area contributed by atoms with Gasteiger partial charge in [0.1, 0.15) is 0 Å². The molecule has 0 unspecified atom stereocenters. The Bertz CT molecular complexity index is 704. The molecule has 0 spiro atoms. The Morgan fingerprint density at radius 2 is 1.71 bits per heavy atom. The molecular weight excluding hydrogens is 470 g/mol. The van der Waals surface area contributed by atoms with E-state index in [2.05, 4.69) is 38.5 Å². The van der Waals surface area contributed by atoms with Crippen molar-refractivity contribution >= 4 is 55.9 Å². The molecule has 0 saturated carbocycles. The van der Waals surface area contributed by atoms with Gasteiger partial charge in [-0.05, 0) is 46.9 Å². The zero-order chi connectivity index (χ0) is 15.6. The van der Waals surface area contributed by atoms with E-state index in [-0.39, 0.29) is 5.78 Å². The number of hydrogen-bond acceptors (Lipinski definition) is 3. The summed E-state index contributed by atoms with van der Waals surface area (Å²) in [6.45, 7) is 0. The number of halogens is 3. The first-order chi connectivity index (χ1) is 9.97. The van der Waals surface area contributed by atoms with E-state index in [0.717, 1.165) is 8.04 Å². The van der Waals surface area contributed by atoms with Gasteiger partial charge in [0, 0.05) is 25.2 Å². The number of ketones is 1. The first kappa shape index (κ1) is 16.6. The summed E-state index contributed by atoms with van der Waals surface area (Å²) in [4.78, 5) is 12.7. The summed E-state index contributed by atoms with van der Waals surface area (Å²) in [5.74, 6) is 0.777. The minimum Gasteiger partial charge on any atom is -0.493 e. The second-order valence-electron chi connectivity index (χ2n) is 4.14. The highest BCUT2D eigenvalue weighted by Crippen LogP contribution is 2.35. The Morgan fingerprint density at radius 3 is 2.33 bits per heavy atom. The van der Waals surface area contributed by atoms with Crippen LogP contribution in [-0.2, 0) is 0 Å². The third-order valence-electron chi connectivity index (χ3n) is 2.89. The number of rotatable bonds is 4. The molecule has 0 aromatic heterocycles. The molecule has 3 nitrogen and oxygen atoms in total. The van der Waals surface area contributed by atoms with Gasteiger partial charge in [-0.1, -0.05) is 27.5 Å². The molecule has 0 aliphatic rings. The molecule has 2 aromatic rings. The summed E-state index contributed by atoms with van der Waals surface area (Å²) in [5, 5.41) is 0.323. The topological polar surface area (TPSA) is 35.5 Å². The van der Waals surface area contributed by atoms with Gasteiger partial charge in [-0.2, -0.15) is 0 Å². The van der Waals surface area contributed by atoms with E-state index in [1.165, 1.54) is 14.2 Å². The summed E-state index contributed by atoms with van der Waals surface area (Å²) in [6.07, 6.45) is 0. The van der Waals surface area contributed by atoms with Gasteiger partial charge in [-0.3, -0.25) is 4.79 Å². The Hall–Kier alpha value is -0.790. The van der Waals surface area contributed by atoms with Crippen molar-refractivity contribution in [2.45, 2.75) is 0 Å². The van der Waals surface area contributed by atoms with Gasteiger partial charge in [0.05, 0.1) is 19.2 Å². The molecule has 0 fully saturated rings. The highest BCUT2D eigenvalue weighted by Gasteiger charge is 2.19. The van der Waals surface area contributed by atoms with Crippen LogP contribution >= 0.6 is 50.1 Å². The third-order valence-corrected chi connectivity index (χ3v) is 4.57. The zero-order valence-corrected chi connectivity index (χ0v) is 15.7. The zero-order valence-electron chi connectivity index (χ0n) is 11.2. The van der Waals surface area contributed by atoms with Crippen LogP contribution in [0.15, 0.2) is 34.8 Å². The minimum atomic E-state index is -0.175. The van der Waals surface area contributed by atoms with Crippen molar-refractivity contribution < 1.29 is 14.3 Å².